The van der Waals surface area contributed by atoms with Crippen molar-refractivity contribution in [1.29, 1.82) is 0 Å². The smallest absolute Gasteiger partial charge is 0.356 e. The lowest BCUT2D eigenvalue weighted by Gasteiger charge is -2.06. The predicted molar refractivity (Wildman–Crippen MR) is 90.3 cm³/mol. The van der Waals surface area contributed by atoms with Gasteiger partial charge in [-0.15, -0.1) is 0 Å². The Kier molecular flexibility index (Phi) is 4.48. The number of rotatable bonds is 6. The monoisotopic (exact) mass is 312 g/mol. The van der Waals surface area contributed by atoms with E-state index in [9.17, 15) is 5.11 Å². The maximum atomic E-state index is 9.25. The Hall–Kier alpha value is -2.53. The van der Waals surface area contributed by atoms with Crippen molar-refractivity contribution in [1.82, 2.24) is 4.57 Å². The number of aliphatic hydroxyl groups is 1. The molecule has 120 valence electrons. The van der Waals surface area contributed by atoms with Crippen LogP contribution in [0, 0.1) is 6.92 Å². The van der Waals surface area contributed by atoms with Crippen LogP contribution in [-0.2, 0) is 13.1 Å². The molecule has 3 N–H and O–H groups in total. The van der Waals surface area contributed by atoms with Crippen LogP contribution in [0.3, 0.4) is 0 Å². The molecule has 0 unspecified atom stereocenters. The first-order chi connectivity index (χ1) is 11.2. The van der Waals surface area contributed by atoms with Gasteiger partial charge in [0.05, 0.1) is 13.2 Å². The van der Waals surface area contributed by atoms with E-state index in [1.807, 2.05) is 57.7 Å². The van der Waals surface area contributed by atoms with Crippen LogP contribution < -0.4 is 15.0 Å². The average Bonchev–Trinajstić information content (AvgIpc) is 2.83. The maximum absolute atomic E-state index is 9.25. The van der Waals surface area contributed by atoms with Crippen LogP contribution in [0.4, 0.5) is 5.95 Å². The summed E-state index contributed by atoms with van der Waals surface area (Å²) in [6.07, 6.45) is 0. The Morgan fingerprint density at radius 3 is 2.61 bits per heavy atom. The second-order valence-corrected chi connectivity index (χ2v) is 5.54. The SMILES string of the molecule is Cc1ccc(OCCn2c(N)[n+](CCO)c3ccccc32)cc1. The topological polar surface area (TPSA) is 64.3 Å². The number of imidazole rings is 1. The Morgan fingerprint density at radius 2 is 1.87 bits per heavy atom. The van der Waals surface area contributed by atoms with Gasteiger partial charge in [0.1, 0.15) is 29.9 Å². The maximum Gasteiger partial charge on any atom is 0.356 e. The molecule has 5 heteroatoms. The van der Waals surface area contributed by atoms with Crippen molar-refractivity contribution < 1.29 is 14.4 Å². The van der Waals surface area contributed by atoms with Crippen LogP contribution in [0.15, 0.2) is 48.5 Å². The summed E-state index contributed by atoms with van der Waals surface area (Å²) in [6.45, 7) is 3.78. The van der Waals surface area contributed by atoms with Gasteiger partial charge in [0.15, 0.2) is 0 Å². The molecule has 0 aliphatic heterocycles. The quantitative estimate of drug-likeness (QED) is 0.683. The highest BCUT2D eigenvalue weighted by Gasteiger charge is 2.19. The number of nitrogens with two attached hydrogens (primary N) is 1. The van der Waals surface area contributed by atoms with Gasteiger partial charge in [-0.3, -0.25) is 5.73 Å². The molecule has 0 amide bonds. The Labute approximate surface area is 135 Å². The minimum atomic E-state index is 0.0583. The van der Waals surface area contributed by atoms with Gasteiger partial charge in [-0.05, 0) is 31.2 Å². The fraction of sp³-hybridized carbons (Fsp3) is 0.278. The van der Waals surface area contributed by atoms with Crippen LogP contribution in [-0.4, -0.2) is 22.9 Å². The van der Waals surface area contributed by atoms with E-state index in [1.165, 1.54) is 5.56 Å². The summed E-state index contributed by atoms with van der Waals surface area (Å²) in [6, 6.07) is 16.0. The van der Waals surface area contributed by atoms with Gasteiger partial charge in [-0.1, -0.05) is 29.8 Å². The second-order valence-electron chi connectivity index (χ2n) is 5.54. The molecule has 0 spiro atoms. The third kappa shape index (κ3) is 3.14. The van der Waals surface area contributed by atoms with Crippen LogP contribution >= 0.6 is 0 Å². The Morgan fingerprint density at radius 1 is 1.13 bits per heavy atom. The molecule has 3 aromatic rings. The molecule has 2 aromatic carbocycles. The lowest BCUT2D eigenvalue weighted by Crippen LogP contribution is -2.38. The number of para-hydroxylation sites is 2. The van der Waals surface area contributed by atoms with Crippen molar-refractivity contribution in [3.05, 3.63) is 54.1 Å². The zero-order valence-electron chi connectivity index (χ0n) is 13.3. The number of hydrogen-bond acceptors (Lipinski definition) is 3. The summed E-state index contributed by atoms with van der Waals surface area (Å²) in [5.74, 6) is 1.49. The largest absolute Gasteiger partial charge is 0.490 e. The number of nitrogens with zero attached hydrogens (tertiary/aromatic N) is 2. The van der Waals surface area contributed by atoms with Crippen molar-refractivity contribution in [3.8, 4) is 5.75 Å². The number of anilines is 1. The van der Waals surface area contributed by atoms with Gasteiger partial charge in [0, 0.05) is 0 Å². The van der Waals surface area contributed by atoms with Gasteiger partial charge < -0.3 is 9.84 Å². The molecule has 0 fully saturated rings. The summed E-state index contributed by atoms with van der Waals surface area (Å²) < 4.78 is 9.76. The number of hydrogen-bond donors (Lipinski definition) is 2. The standard InChI is InChI=1S/C18H21N3O2/c1-14-6-8-15(9-7-14)23-13-11-21-17-5-3-2-4-16(17)20(10-12-22)18(21)19/h2-9,19,22H,10-13H2,1H3/p+1. The third-order valence-corrected chi connectivity index (χ3v) is 3.94. The van der Waals surface area contributed by atoms with Gasteiger partial charge in [0.2, 0.25) is 0 Å². The molecule has 1 heterocycles. The van der Waals surface area contributed by atoms with Crippen LogP contribution in [0.5, 0.6) is 5.75 Å². The number of benzene rings is 2. The minimum Gasteiger partial charge on any atom is -0.490 e. The second kappa shape index (κ2) is 6.71. The van der Waals surface area contributed by atoms with Crippen molar-refractivity contribution in [2.75, 3.05) is 18.9 Å². The molecule has 0 aliphatic carbocycles. The highest BCUT2D eigenvalue weighted by Crippen LogP contribution is 2.16. The molecule has 23 heavy (non-hydrogen) atoms. The molecule has 0 saturated carbocycles. The molecular formula is C18H22N3O2+. The fourth-order valence-corrected chi connectivity index (χ4v) is 2.77. The van der Waals surface area contributed by atoms with Gasteiger partial charge in [0.25, 0.3) is 0 Å². The summed E-state index contributed by atoms with van der Waals surface area (Å²) >= 11 is 0. The van der Waals surface area contributed by atoms with E-state index in [2.05, 4.69) is 6.92 Å². The summed E-state index contributed by atoms with van der Waals surface area (Å²) in [7, 11) is 0. The molecular weight excluding hydrogens is 290 g/mol. The molecule has 1 aromatic heterocycles. The molecule has 5 nitrogen and oxygen atoms in total. The van der Waals surface area contributed by atoms with Crippen molar-refractivity contribution in [2.45, 2.75) is 20.0 Å². The molecule has 0 radical (unpaired) electrons. The summed E-state index contributed by atoms with van der Waals surface area (Å²) in [5, 5.41) is 9.25. The van der Waals surface area contributed by atoms with Gasteiger partial charge >= 0.3 is 5.95 Å². The highest BCUT2D eigenvalue weighted by atomic mass is 16.5. The first-order valence-electron chi connectivity index (χ1n) is 7.77. The van der Waals surface area contributed by atoms with Crippen molar-refractivity contribution >= 4 is 17.0 Å². The third-order valence-electron chi connectivity index (χ3n) is 3.94. The minimum absolute atomic E-state index is 0.0583. The van der Waals surface area contributed by atoms with Gasteiger partial charge in [-0.25, -0.2) is 9.13 Å². The van der Waals surface area contributed by atoms with Crippen LogP contribution in [0.2, 0.25) is 0 Å². The lowest BCUT2D eigenvalue weighted by atomic mass is 10.2. The van der Waals surface area contributed by atoms with E-state index in [0.29, 0.717) is 25.6 Å². The normalized spacial score (nSPS) is 11.0. The van der Waals surface area contributed by atoms with Crippen LogP contribution in [0.25, 0.3) is 11.0 Å². The van der Waals surface area contributed by atoms with E-state index in [-0.39, 0.29) is 6.61 Å². The predicted octanol–water partition coefficient (Wildman–Crippen LogP) is 1.89. The van der Waals surface area contributed by atoms with E-state index in [4.69, 9.17) is 10.5 Å². The average molecular weight is 312 g/mol. The van der Waals surface area contributed by atoms with E-state index in [0.717, 1.165) is 16.8 Å². The zero-order chi connectivity index (χ0) is 16.2. The van der Waals surface area contributed by atoms with Crippen LogP contribution in [0.1, 0.15) is 5.56 Å². The number of aromatic nitrogens is 2. The fourth-order valence-electron chi connectivity index (χ4n) is 2.77. The Bertz CT molecular complexity index is 794. The molecule has 0 atom stereocenters. The number of fused-ring (bicyclic) bond motifs is 1. The summed E-state index contributed by atoms with van der Waals surface area (Å²) in [5.41, 5.74) is 9.54. The number of aliphatic hydroxyl groups excluding tert-OH is 1. The van der Waals surface area contributed by atoms with E-state index in [1.54, 1.807) is 0 Å². The van der Waals surface area contributed by atoms with E-state index < -0.39 is 0 Å². The number of nitrogen functional groups attached to an aromatic ring is 1. The zero-order valence-corrected chi connectivity index (χ0v) is 13.3. The Balaban J connectivity index is 1.79. The number of ether oxygens (including phenoxy) is 1. The van der Waals surface area contributed by atoms with Gasteiger partial charge in [-0.2, -0.15) is 0 Å². The molecule has 0 saturated heterocycles. The first kappa shape index (κ1) is 15.4. The van der Waals surface area contributed by atoms with Crippen molar-refractivity contribution in [3.63, 3.8) is 0 Å². The first-order valence-corrected chi connectivity index (χ1v) is 7.77. The highest BCUT2D eigenvalue weighted by molar-refractivity contribution is 5.73. The molecule has 3 rings (SSSR count). The van der Waals surface area contributed by atoms with Crippen molar-refractivity contribution in [2.24, 2.45) is 0 Å². The number of aryl methyl sites for hydroxylation is 1. The lowest BCUT2D eigenvalue weighted by molar-refractivity contribution is -0.658. The van der Waals surface area contributed by atoms with E-state index >= 15 is 0 Å². The molecule has 0 bridgehead atoms. The molecule has 0 aliphatic rings. The summed E-state index contributed by atoms with van der Waals surface area (Å²) in [4.78, 5) is 0.